The van der Waals surface area contributed by atoms with E-state index in [1.807, 2.05) is 49.4 Å². The zero-order valence-corrected chi connectivity index (χ0v) is 12.8. The summed E-state index contributed by atoms with van der Waals surface area (Å²) in [4.78, 5) is 12.4. The molecule has 0 spiro atoms. The molecular weight excluding hydrogens is 278 g/mol. The number of anilines is 1. The molecule has 4 heteroatoms. The first-order valence-electron chi connectivity index (χ1n) is 7.33. The van der Waals surface area contributed by atoms with Crippen molar-refractivity contribution in [3.63, 3.8) is 0 Å². The van der Waals surface area contributed by atoms with Crippen LogP contribution in [0.15, 0.2) is 42.5 Å². The Bertz CT molecular complexity index is 696. The van der Waals surface area contributed by atoms with Gasteiger partial charge in [-0.05, 0) is 54.8 Å². The van der Waals surface area contributed by atoms with Crippen molar-refractivity contribution < 1.29 is 14.3 Å². The van der Waals surface area contributed by atoms with Crippen molar-refractivity contribution in [3.05, 3.63) is 53.6 Å². The summed E-state index contributed by atoms with van der Waals surface area (Å²) in [6.45, 7) is 2.40. The van der Waals surface area contributed by atoms with E-state index in [1.54, 1.807) is 7.11 Å². The first-order valence-corrected chi connectivity index (χ1v) is 7.33. The van der Waals surface area contributed by atoms with Gasteiger partial charge in [0.25, 0.3) is 0 Å². The molecule has 22 heavy (non-hydrogen) atoms. The maximum atomic E-state index is 12.4. The topological polar surface area (TPSA) is 47.6 Å². The molecule has 0 unspecified atom stereocenters. The highest BCUT2D eigenvalue weighted by Crippen LogP contribution is 2.31. The van der Waals surface area contributed by atoms with Crippen LogP contribution in [0.1, 0.15) is 11.1 Å². The normalized spacial score (nSPS) is 16.4. The molecule has 1 atom stereocenters. The summed E-state index contributed by atoms with van der Waals surface area (Å²) in [5.41, 5.74) is 2.95. The summed E-state index contributed by atoms with van der Waals surface area (Å²) in [6.07, 6.45) is 0.657. The van der Waals surface area contributed by atoms with E-state index in [0.29, 0.717) is 13.0 Å². The molecule has 0 aromatic heterocycles. The van der Waals surface area contributed by atoms with Crippen molar-refractivity contribution in [2.24, 2.45) is 5.92 Å². The fourth-order valence-corrected chi connectivity index (χ4v) is 2.63. The van der Waals surface area contributed by atoms with Crippen molar-refractivity contribution in [2.45, 2.75) is 13.3 Å². The lowest BCUT2D eigenvalue weighted by molar-refractivity contribution is -0.121. The van der Waals surface area contributed by atoms with Crippen LogP contribution in [-0.2, 0) is 11.2 Å². The number of aryl methyl sites for hydroxylation is 1. The van der Waals surface area contributed by atoms with Gasteiger partial charge in [0.2, 0.25) is 5.91 Å². The fraction of sp³-hybridized carbons (Fsp3) is 0.278. The van der Waals surface area contributed by atoms with Gasteiger partial charge in [-0.3, -0.25) is 4.79 Å². The van der Waals surface area contributed by atoms with E-state index in [0.717, 1.165) is 28.3 Å². The molecule has 0 saturated heterocycles. The minimum Gasteiger partial charge on any atom is -0.497 e. The van der Waals surface area contributed by atoms with Gasteiger partial charge in [-0.2, -0.15) is 0 Å². The number of hydrogen-bond donors (Lipinski definition) is 1. The third kappa shape index (κ3) is 3.06. The number of methoxy groups -OCH3 is 1. The van der Waals surface area contributed by atoms with E-state index in [9.17, 15) is 4.79 Å². The lowest BCUT2D eigenvalue weighted by Crippen LogP contribution is -2.32. The van der Waals surface area contributed by atoms with E-state index in [4.69, 9.17) is 9.47 Å². The Hall–Kier alpha value is -2.49. The molecule has 114 valence electrons. The van der Waals surface area contributed by atoms with Crippen molar-refractivity contribution in [2.75, 3.05) is 19.0 Å². The van der Waals surface area contributed by atoms with E-state index in [-0.39, 0.29) is 11.8 Å². The van der Waals surface area contributed by atoms with E-state index < -0.39 is 0 Å². The molecule has 0 radical (unpaired) electrons. The first-order chi connectivity index (χ1) is 10.7. The zero-order chi connectivity index (χ0) is 15.5. The summed E-state index contributed by atoms with van der Waals surface area (Å²) in [7, 11) is 1.63. The molecular formula is C18H19NO3. The molecule has 1 amide bonds. The molecule has 1 heterocycles. The monoisotopic (exact) mass is 297 g/mol. The quantitative estimate of drug-likeness (QED) is 0.946. The first kappa shape index (κ1) is 14.4. The lowest BCUT2D eigenvalue weighted by atomic mass is 9.95. The minimum absolute atomic E-state index is 0.0148. The molecule has 1 N–H and O–H groups in total. The predicted octanol–water partition coefficient (Wildman–Crippen LogP) is 3.19. The second-order valence-electron chi connectivity index (χ2n) is 5.54. The summed E-state index contributed by atoms with van der Waals surface area (Å²) >= 11 is 0. The largest absolute Gasteiger partial charge is 0.497 e. The Morgan fingerprint density at radius 3 is 2.91 bits per heavy atom. The van der Waals surface area contributed by atoms with Crippen LogP contribution in [0.4, 0.5) is 5.69 Å². The van der Waals surface area contributed by atoms with Gasteiger partial charge < -0.3 is 14.8 Å². The van der Waals surface area contributed by atoms with E-state index in [1.165, 1.54) is 0 Å². The van der Waals surface area contributed by atoms with Crippen molar-refractivity contribution in [1.82, 2.24) is 0 Å². The molecule has 1 aliphatic heterocycles. The van der Waals surface area contributed by atoms with Gasteiger partial charge in [-0.25, -0.2) is 0 Å². The van der Waals surface area contributed by atoms with Gasteiger partial charge in [-0.15, -0.1) is 0 Å². The number of carbonyl (C=O) groups excluding carboxylic acids is 1. The van der Waals surface area contributed by atoms with Crippen LogP contribution in [0.5, 0.6) is 11.5 Å². The van der Waals surface area contributed by atoms with Crippen LogP contribution in [0.2, 0.25) is 0 Å². The van der Waals surface area contributed by atoms with Crippen LogP contribution in [-0.4, -0.2) is 19.6 Å². The van der Waals surface area contributed by atoms with Gasteiger partial charge in [0.1, 0.15) is 18.1 Å². The number of benzene rings is 2. The van der Waals surface area contributed by atoms with Crippen molar-refractivity contribution in [3.8, 4) is 11.5 Å². The number of amides is 1. The lowest BCUT2D eigenvalue weighted by Gasteiger charge is -2.25. The highest BCUT2D eigenvalue weighted by atomic mass is 16.5. The Morgan fingerprint density at radius 1 is 1.27 bits per heavy atom. The number of hydrogen-bond acceptors (Lipinski definition) is 3. The number of ether oxygens (including phenoxy) is 2. The Balaban J connectivity index is 1.72. The third-order valence-electron chi connectivity index (χ3n) is 3.83. The maximum Gasteiger partial charge on any atom is 0.231 e. The molecule has 0 saturated carbocycles. The average molecular weight is 297 g/mol. The predicted molar refractivity (Wildman–Crippen MR) is 85.5 cm³/mol. The molecule has 2 aromatic rings. The number of nitrogens with one attached hydrogen (secondary N) is 1. The molecule has 2 aromatic carbocycles. The zero-order valence-electron chi connectivity index (χ0n) is 12.8. The summed E-state index contributed by atoms with van der Waals surface area (Å²) in [5.74, 6) is 1.40. The highest BCUT2D eigenvalue weighted by molar-refractivity contribution is 5.93. The van der Waals surface area contributed by atoms with E-state index >= 15 is 0 Å². The molecule has 0 bridgehead atoms. The molecule has 4 nitrogen and oxygen atoms in total. The van der Waals surface area contributed by atoms with Crippen LogP contribution in [0.3, 0.4) is 0 Å². The molecule has 0 fully saturated rings. The Kier molecular flexibility index (Phi) is 4.00. The smallest absolute Gasteiger partial charge is 0.231 e. The minimum atomic E-state index is -0.194. The van der Waals surface area contributed by atoms with Gasteiger partial charge in [0.15, 0.2) is 0 Å². The second kappa shape index (κ2) is 6.10. The standard InChI is InChI=1S/C18H19NO3/c1-12-4-3-5-15(8-12)19-18(20)14-9-13-10-16(21-2)6-7-17(13)22-11-14/h3-8,10,14H,9,11H2,1-2H3,(H,19,20)/t14-/m1/s1. The number of carbonyl (C=O) groups is 1. The third-order valence-corrected chi connectivity index (χ3v) is 3.83. The number of fused-ring (bicyclic) bond motifs is 1. The van der Waals surface area contributed by atoms with Crippen LogP contribution in [0.25, 0.3) is 0 Å². The maximum absolute atomic E-state index is 12.4. The SMILES string of the molecule is COc1ccc2c(c1)C[C@@H](C(=O)Nc1cccc(C)c1)CO2. The molecule has 3 rings (SSSR count). The molecule has 1 aliphatic rings. The van der Waals surface area contributed by atoms with Gasteiger partial charge in [-0.1, -0.05) is 12.1 Å². The highest BCUT2D eigenvalue weighted by Gasteiger charge is 2.26. The van der Waals surface area contributed by atoms with Crippen LogP contribution >= 0.6 is 0 Å². The second-order valence-corrected chi connectivity index (χ2v) is 5.54. The van der Waals surface area contributed by atoms with Crippen LogP contribution in [0, 0.1) is 12.8 Å². The summed E-state index contributed by atoms with van der Waals surface area (Å²) < 4.78 is 10.9. The van der Waals surface area contributed by atoms with Crippen molar-refractivity contribution >= 4 is 11.6 Å². The molecule has 0 aliphatic carbocycles. The van der Waals surface area contributed by atoms with Gasteiger partial charge >= 0.3 is 0 Å². The summed E-state index contributed by atoms with van der Waals surface area (Å²) in [5, 5.41) is 2.96. The Labute approximate surface area is 130 Å². The van der Waals surface area contributed by atoms with Gasteiger partial charge in [0.05, 0.1) is 13.0 Å². The average Bonchev–Trinajstić information content (AvgIpc) is 2.53. The fourth-order valence-electron chi connectivity index (χ4n) is 2.63. The van der Waals surface area contributed by atoms with Crippen molar-refractivity contribution in [1.29, 1.82) is 0 Å². The Morgan fingerprint density at radius 2 is 2.14 bits per heavy atom. The summed E-state index contributed by atoms with van der Waals surface area (Å²) in [6, 6.07) is 13.5. The van der Waals surface area contributed by atoms with E-state index in [2.05, 4.69) is 5.32 Å². The van der Waals surface area contributed by atoms with Crippen LogP contribution < -0.4 is 14.8 Å². The number of rotatable bonds is 3. The van der Waals surface area contributed by atoms with Gasteiger partial charge in [0, 0.05) is 5.69 Å².